The molecule has 382 valence electrons. The molecule has 10 nitrogen and oxygen atoms in total. The lowest BCUT2D eigenvalue weighted by Gasteiger charge is -2.17. The van der Waals surface area contributed by atoms with E-state index in [2.05, 4.69) is 16.7 Å². The number of halogens is 2. The van der Waals surface area contributed by atoms with E-state index < -0.39 is 11.6 Å². The van der Waals surface area contributed by atoms with Gasteiger partial charge in [0.05, 0.1) is 16.7 Å². The van der Waals surface area contributed by atoms with Gasteiger partial charge in [0.25, 0.3) is 0 Å². The van der Waals surface area contributed by atoms with Crippen LogP contribution in [0.4, 0.5) is 8.78 Å². The zero-order valence-electron chi connectivity index (χ0n) is 43.0. The van der Waals surface area contributed by atoms with Gasteiger partial charge in [-0.05, 0) is 60.2 Å². The molecule has 0 aliphatic heterocycles. The van der Waals surface area contributed by atoms with Crippen molar-refractivity contribution in [3.05, 3.63) is 266 Å². The van der Waals surface area contributed by atoms with E-state index in [1.54, 1.807) is 0 Å². The largest absolute Gasteiger partial charge is 0.309 e. The van der Waals surface area contributed by atoms with Gasteiger partial charge >= 0.3 is 0 Å². The number of benzene rings is 10. The maximum absolute atomic E-state index is 15.5. The molecule has 0 radical (unpaired) electrons. The Labute approximate surface area is 463 Å². The monoisotopic (exact) mass is 1050 g/mol. The van der Waals surface area contributed by atoms with E-state index >= 15 is 8.78 Å². The molecule has 0 bridgehead atoms. The van der Waals surface area contributed by atoms with Crippen molar-refractivity contribution < 1.29 is 8.78 Å². The fourth-order valence-corrected chi connectivity index (χ4v) is 10.2. The van der Waals surface area contributed by atoms with Crippen LogP contribution in [-0.2, 0) is 0 Å². The predicted octanol–water partition coefficient (Wildman–Crippen LogP) is 16.3. The van der Waals surface area contributed by atoms with Crippen molar-refractivity contribution in [2.75, 3.05) is 0 Å². The molecule has 12 heteroatoms. The Morgan fingerprint density at radius 2 is 0.481 bits per heavy atom. The van der Waals surface area contributed by atoms with Crippen molar-refractivity contribution in [1.29, 1.82) is 0 Å². The lowest BCUT2D eigenvalue weighted by molar-refractivity contribution is 0.584. The highest BCUT2D eigenvalue weighted by atomic mass is 19.1. The normalized spacial score (nSPS) is 11.3. The summed E-state index contributed by atoms with van der Waals surface area (Å²) in [6.45, 7) is 0. The summed E-state index contributed by atoms with van der Waals surface area (Å²) < 4.78 is 33.1. The zero-order valence-corrected chi connectivity index (χ0v) is 43.0. The van der Waals surface area contributed by atoms with Gasteiger partial charge < -0.3 is 4.57 Å². The molecule has 0 aliphatic carbocycles. The van der Waals surface area contributed by atoms with E-state index in [0.29, 0.717) is 74.8 Å². The van der Waals surface area contributed by atoms with Crippen LogP contribution in [0, 0.1) is 11.6 Å². The van der Waals surface area contributed by atoms with Crippen LogP contribution in [-0.4, -0.2) is 49.4 Å². The number of aromatic nitrogens is 10. The Morgan fingerprint density at radius 3 is 0.778 bits per heavy atom. The van der Waals surface area contributed by atoms with Gasteiger partial charge in [0.15, 0.2) is 52.4 Å². The quantitative estimate of drug-likeness (QED) is 0.125. The highest BCUT2D eigenvalue weighted by molar-refractivity contribution is 6.12. The van der Waals surface area contributed by atoms with E-state index in [-0.39, 0.29) is 0 Å². The number of hydrogen-bond acceptors (Lipinski definition) is 9. The van der Waals surface area contributed by atoms with Crippen LogP contribution in [0.2, 0.25) is 0 Å². The molecule has 0 unspecified atom stereocenters. The Bertz CT molecular complexity index is 4270. The molecule has 0 fully saturated rings. The molecule has 0 saturated heterocycles. The van der Waals surface area contributed by atoms with Gasteiger partial charge in [-0.15, -0.1) is 0 Å². The van der Waals surface area contributed by atoms with Crippen LogP contribution in [0.1, 0.15) is 0 Å². The molecule has 0 saturated carbocycles. The maximum Gasteiger partial charge on any atom is 0.164 e. The molecule has 81 heavy (non-hydrogen) atoms. The minimum Gasteiger partial charge on any atom is -0.309 e. The smallest absolute Gasteiger partial charge is 0.164 e. The minimum absolute atomic E-state index is 0.335. The van der Waals surface area contributed by atoms with Crippen LogP contribution in [0.5, 0.6) is 0 Å². The van der Waals surface area contributed by atoms with E-state index in [1.807, 2.05) is 224 Å². The molecular weight excluding hydrogens is 1010 g/mol. The molecule has 4 heterocycles. The molecule has 4 aromatic heterocycles. The Morgan fingerprint density at radius 1 is 0.222 bits per heavy atom. The van der Waals surface area contributed by atoms with Gasteiger partial charge in [0.2, 0.25) is 0 Å². The topological polar surface area (TPSA) is 121 Å². The third kappa shape index (κ3) is 9.52. The van der Waals surface area contributed by atoms with Crippen molar-refractivity contribution in [2.24, 2.45) is 0 Å². The first kappa shape index (κ1) is 48.3. The molecular formula is C69H42F2N10. The minimum atomic E-state index is -0.710. The highest BCUT2D eigenvalue weighted by Gasteiger charge is 2.23. The van der Waals surface area contributed by atoms with Crippen LogP contribution in [0.15, 0.2) is 255 Å². The van der Waals surface area contributed by atoms with E-state index in [4.69, 9.17) is 44.9 Å². The van der Waals surface area contributed by atoms with E-state index in [0.717, 1.165) is 72.4 Å². The van der Waals surface area contributed by atoms with Crippen LogP contribution in [0.25, 0.3) is 141 Å². The van der Waals surface area contributed by atoms with E-state index in [1.165, 1.54) is 12.1 Å². The van der Waals surface area contributed by atoms with Gasteiger partial charge in [0.1, 0.15) is 11.6 Å². The van der Waals surface area contributed by atoms with Crippen LogP contribution >= 0.6 is 0 Å². The molecule has 0 aliphatic rings. The van der Waals surface area contributed by atoms with Crippen LogP contribution in [0.3, 0.4) is 0 Å². The third-order valence-corrected chi connectivity index (χ3v) is 14.1. The second kappa shape index (κ2) is 20.7. The summed E-state index contributed by atoms with van der Waals surface area (Å²) in [5, 5.41) is 1.65. The Kier molecular flexibility index (Phi) is 12.3. The standard InChI is InChI=1S/C69H42F2N10/c70-53-37-52(38-54(71)42-53)55-34-31-51(69-79-65(47-27-15-5-16-28-47)74-66(80-69)48-29-17-6-18-30-48)41-60(55)81-58-35-32-49(67-75-61(43-19-7-1-8-20-43)72-62(76-67)44-21-9-2-10-22-44)39-56(58)57-40-50(33-36-59(57)81)68-77-63(45-23-11-3-12-24-45)73-64(78-68)46-25-13-4-14-26-46/h1-42H. The lowest BCUT2D eigenvalue weighted by Crippen LogP contribution is -2.03. The van der Waals surface area contributed by atoms with Gasteiger partial charge in [-0.3, -0.25) is 0 Å². The van der Waals surface area contributed by atoms with Crippen molar-refractivity contribution in [1.82, 2.24) is 49.4 Å². The second-order valence-electron chi connectivity index (χ2n) is 19.3. The second-order valence-corrected chi connectivity index (χ2v) is 19.3. The number of rotatable bonds is 11. The Hall–Kier alpha value is -11.1. The summed E-state index contributed by atoms with van der Waals surface area (Å²) in [6, 6.07) is 80.5. The summed E-state index contributed by atoms with van der Waals surface area (Å²) in [5.74, 6) is 2.99. The average Bonchev–Trinajstić information content (AvgIpc) is 3.37. The molecule has 10 aromatic carbocycles. The first-order valence-electron chi connectivity index (χ1n) is 26.2. The van der Waals surface area contributed by atoms with Crippen molar-refractivity contribution in [3.8, 4) is 119 Å². The molecule has 0 spiro atoms. The summed E-state index contributed by atoms with van der Waals surface area (Å²) in [6.07, 6.45) is 0. The third-order valence-electron chi connectivity index (χ3n) is 14.1. The summed E-state index contributed by atoms with van der Waals surface area (Å²) >= 11 is 0. The van der Waals surface area contributed by atoms with Crippen LogP contribution < -0.4 is 0 Å². The fraction of sp³-hybridized carbons (Fsp3) is 0. The van der Waals surface area contributed by atoms with E-state index in [9.17, 15) is 0 Å². The van der Waals surface area contributed by atoms with Gasteiger partial charge in [-0.1, -0.05) is 194 Å². The van der Waals surface area contributed by atoms with Crippen molar-refractivity contribution in [2.45, 2.75) is 0 Å². The average molecular weight is 1050 g/mol. The van der Waals surface area contributed by atoms with Crippen molar-refractivity contribution >= 4 is 21.8 Å². The zero-order chi connectivity index (χ0) is 54.2. The number of fused-ring (bicyclic) bond motifs is 3. The highest BCUT2D eigenvalue weighted by Crippen LogP contribution is 2.42. The molecule has 0 atom stereocenters. The molecule has 0 N–H and O–H groups in total. The number of nitrogens with zero attached hydrogens (tertiary/aromatic N) is 10. The predicted molar refractivity (Wildman–Crippen MR) is 315 cm³/mol. The summed E-state index contributed by atoms with van der Waals surface area (Å²) in [7, 11) is 0. The SMILES string of the molecule is Fc1cc(F)cc(-c2ccc(-c3nc(-c4ccccc4)nc(-c4ccccc4)n3)cc2-n2c3ccc(-c4nc(-c5ccccc5)nc(-c5ccccc5)n4)cc3c3cc(-c4nc(-c5ccccc5)nc(-c5ccccc5)n4)ccc32)c1. The summed E-state index contributed by atoms with van der Waals surface area (Å²) in [5.41, 5.74) is 10.2. The van der Waals surface area contributed by atoms with Gasteiger partial charge in [0, 0.05) is 72.5 Å². The van der Waals surface area contributed by atoms with Gasteiger partial charge in [-0.25, -0.2) is 53.6 Å². The molecule has 14 rings (SSSR count). The molecule has 14 aromatic rings. The first-order chi connectivity index (χ1) is 39.9. The number of hydrogen-bond donors (Lipinski definition) is 0. The van der Waals surface area contributed by atoms with Gasteiger partial charge in [-0.2, -0.15) is 0 Å². The maximum atomic E-state index is 15.5. The Balaban J connectivity index is 1.04. The lowest BCUT2D eigenvalue weighted by atomic mass is 10.00. The fourth-order valence-electron chi connectivity index (χ4n) is 10.2. The first-order valence-corrected chi connectivity index (χ1v) is 26.2. The van der Waals surface area contributed by atoms with Crippen molar-refractivity contribution in [3.63, 3.8) is 0 Å². The molecule has 0 amide bonds. The summed E-state index contributed by atoms with van der Waals surface area (Å²) in [4.78, 5) is 45.6.